The van der Waals surface area contributed by atoms with Crippen LogP contribution in [0.25, 0.3) is 0 Å². The van der Waals surface area contributed by atoms with E-state index in [9.17, 15) is 22.4 Å². The minimum atomic E-state index is -4.10. The largest absolute Gasteiger partial charge is 0.484 e. The molecule has 32 heavy (non-hydrogen) atoms. The quantitative estimate of drug-likeness (QED) is 0.612. The van der Waals surface area contributed by atoms with Crippen LogP contribution in [0.4, 0.5) is 10.1 Å². The van der Waals surface area contributed by atoms with Gasteiger partial charge in [0, 0.05) is 30.9 Å². The van der Waals surface area contributed by atoms with Gasteiger partial charge in [0.25, 0.3) is 11.8 Å². The molecular formula is C21H24FN3O6S. The number of likely N-dealkylation sites (N-methyl/N-ethyl adjacent to an activating group) is 1. The van der Waals surface area contributed by atoms with Crippen molar-refractivity contribution in [1.82, 2.24) is 9.62 Å². The van der Waals surface area contributed by atoms with E-state index < -0.39 is 26.6 Å². The van der Waals surface area contributed by atoms with Crippen molar-refractivity contribution >= 4 is 27.5 Å². The van der Waals surface area contributed by atoms with Crippen molar-refractivity contribution in [2.45, 2.75) is 11.8 Å². The first kappa shape index (κ1) is 23.6. The van der Waals surface area contributed by atoms with Crippen molar-refractivity contribution in [2.24, 2.45) is 0 Å². The monoisotopic (exact) mass is 465 g/mol. The lowest BCUT2D eigenvalue weighted by Crippen LogP contribution is -2.41. The molecule has 3 rings (SSSR count). The molecule has 1 aliphatic rings. The van der Waals surface area contributed by atoms with E-state index in [-0.39, 0.29) is 44.4 Å². The van der Waals surface area contributed by atoms with Crippen molar-refractivity contribution < 1.29 is 31.9 Å². The second-order valence-corrected chi connectivity index (χ2v) is 8.79. The van der Waals surface area contributed by atoms with E-state index in [2.05, 4.69) is 10.6 Å². The summed E-state index contributed by atoms with van der Waals surface area (Å²) in [6.07, 6.45) is 0. The van der Waals surface area contributed by atoms with E-state index in [1.54, 1.807) is 31.2 Å². The molecule has 2 N–H and O–H groups in total. The molecule has 11 heteroatoms. The number of morpholine rings is 1. The molecule has 1 heterocycles. The predicted molar refractivity (Wildman–Crippen MR) is 115 cm³/mol. The second-order valence-electron chi connectivity index (χ2n) is 6.88. The highest BCUT2D eigenvalue weighted by atomic mass is 32.2. The molecule has 1 saturated heterocycles. The predicted octanol–water partition coefficient (Wildman–Crippen LogP) is 1.61. The third-order valence-corrected chi connectivity index (χ3v) is 6.55. The SMILES string of the molecule is CCNC(=O)COc1ccc(NC(=O)c2ccc(F)c(S(=O)(=O)N3CCOCC3)c2)cc1. The molecule has 2 aromatic rings. The molecule has 0 unspecified atom stereocenters. The minimum absolute atomic E-state index is 0.00482. The van der Waals surface area contributed by atoms with Crippen molar-refractivity contribution in [2.75, 3.05) is 44.8 Å². The lowest BCUT2D eigenvalue weighted by Gasteiger charge is -2.26. The van der Waals surface area contributed by atoms with E-state index in [0.29, 0.717) is 18.0 Å². The Hall–Kier alpha value is -3.02. The van der Waals surface area contributed by atoms with Gasteiger partial charge in [-0.2, -0.15) is 4.31 Å². The summed E-state index contributed by atoms with van der Waals surface area (Å²) < 4.78 is 51.5. The maximum Gasteiger partial charge on any atom is 0.257 e. The molecule has 0 aliphatic carbocycles. The molecule has 0 atom stereocenters. The first-order valence-electron chi connectivity index (χ1n) is 9.99. The average Bonchev–Trinajstić information content (AvgIpc) is 2.79. The number of benzene rings is 2. The minimum Gasteiger partial charge on any atom is -0.484 e. The van der Waals surface area contributed by atoms with E-state index in [1.165, 1.54) is 6.07 Å². The van der Waals surface area contributed by atoms with Crippen LogP contribution in [0.2, 0.25) is 0 Å². The van der Waals surface area contributed by atoms with Gasteiger partial charge in [0.15, 0.2) is 6.61 Å². The van der Waals surface area contributed by atoms with Crippen LogP contribution in [-0.2, 0) is 19.6 Å². The van der Waals surface area contributed by atoms with Gasteiger partial charge in [-0.3, -0.25) is 9.59 Å². The summed E-state index contributed by atoms with van der Waals surface area (Å²) in [4.78, 5) is 23.5. The van der Waals surface area contributed by atoms with Gasteiger partial charge in [-0.25, -0.2) is 12.8 Å². The van der Waals surface area contributed by atoms with Gasteiger partial charge in [-0.15, -0.1) is 0 Å². The number of rotatable bonds is 8. The number of amides is 2. The normalized spacial score (nSPS) is 14.6. The molecule has 2 aromatic carbocycles. The summed E-state index contributed by atoms with van der Waals surface area (Å²) >= 11 is 0. The fourth-order valence-electron chi connectivity index (χ4n) is 3.00. The Morgan fingerprint density at radius 1 is 1.12 bits per heavy atom. The highest BCUT2D eigenvalue weighted by Crippen LogP contribution is 2.23. The van der Waals surface area contributed by atoms with Crippen molar-refractivity contribution in [1.29, 1.82) is 0 Å². The van der Waals surface area contributed by atoms with E-state index >= 15 is 0 Å². The summed E-state index contributed by atoms with van der Waals surface area (Å²) in [6, 6.07) is 9.49. The number of ether oxygens (including phenoxy) is 2. The summed E-state index contributed by atoms with van der Waals surface area (Å²) in [5.74, 6) is -1.33. The maximum absolute atomic E-state index is 14.3. The molecule has 0 saturated carbocycles. The molecule has 9 nitrogen and oxygen atoms in total. The first-order valence-corrected chi connectivity index (χ1v) is 11.4. The molecule has 172 valence electrons. The zero-order valence-corrected chi connectivity index (χ0v) is 18.3. The zero-order chi connectivity index (χ0) is 23.1. The molecule has 0 aromatic heterocycles. The maximum atomic E-state index is 14.3. The number of carbonyl (C=O) groups is 2. The summed E-state index contributed by atoms with van der Waals surface area (Å²) in [5, 5.41) is 5.24. The summed E-state index contributed by atoms with van der Waals surface area (Å²) in [5.41, 5.74) is 0.414. The Labute approximate surface area is 185 Å². The number of carbonyl (C=O) groups excluding carboxylic acids is 2. The summed E-state index contributed by atoms with van der Waals surface area (Å²) in [7, 11) is -4.10. The summed E-state index contributed by atoms with van der Waals surface area (Å²) in [6.45, 7) is 2.87. The van der Waals surface area contributed by atoms with Gasteiger partial charge in [0.1, 0.15) is 16.5 Å². The zero-order valence-electron chi connectivity index (χ0n) is 17.5. The number of hydrogen-bond donors (Lipinski definition) is 2. The fraction of sp³-hybridized carbons (Fsp3) is 0.333. The van der Waals surface area contributed by atoms with Crippen molar-refractivity contribution in [3.8, 4) is 5.75 Å². The van der Waals surface area contributed by atoms with Crippen LogP contribution in [0.5, 0.6) is 5.75 Å². The molecule has 0 radical (unpaired) electrons. The van der Waals surface area contributed by atoms with Crippen LogP contribution in [0, 0.1) is 5.82 Å². The van der Waals surface area contributed by atoms with Crippen LogP contribution in [0.3, 0.4) is 0 Å². The third kappa shape index (κ3) is 5.81. The highest BCUT2D eigenvalue weighted by Gasteiger charge is 2.29. The molecule has 1 aliphatic heterocycles. The Morgan fingerprint density at radius 2 is 1.81 bits per heavy atom. The Kier molecular flexibility index (Phi) is 7.78. The number of nitrogens with zero attached hydrogens (tertiary/aromatic N) is 1. The van der Waals surface area contributed by atoms with Gasteiger partial charge in [-0.05, 0) is 49.4 Å². The number of halogens is 1. The van der Waals surface area contributed by atoms with E-state index in [4.69, 9.17) is 9.47 Å². The van der Waals surface area contributed by atoms with Gasteiger partial charge >= 0.3 is 0 Å². The average molecular weight is 466 g/mol. The Balaban J connectivity index is 1.69. The van der Waals surface area contributed by atoms with Crippen LogP contribution < -0.4 is 15.4 Å². The van der Waals surface area contributed by atoms with Gasteiger partial charge < -0.3 is 20.1 Å². The fourth-order valence-corrected chi connectivity index (χ4v) is 4.50. The van der Waals surface area contributed by atoms with Crippen LogP contribution in [-0.4, -0.2) is 64.0 Å². The van der Waals surface area contributed by atoms with Gasteiger partial charge in [0.05, 0.1) is 13.2 Å². The smallest absolute Gasteiger partial charge is 0.257 e. The Morgan fingerprint density at radius 3 is 2.47 bits per heavy atom. The topological polar surface area (TPSA) is 114 Å². The molecule has 1 fully saturated rings. The first-order chi connectivity index (χ1) is 15.3. The molecular weight excluding hydrogens is 441 g/mol. The van der Waals surface area contributed by atoms with Crippen molar-refractivity contribution in [3.05, 3.63) is 53.8 Å². The third-order valence-electron chi connectivity index (χ3n) is 4.64. The number of hydrogen-bond acceptors (Lipinski definition) is 6. The molecule has 0 spiro atoms. The number of nitrogens with one attached hydrogen (secondary N) is 2. The van der Waals surface area contributed by atoms with Crippen LogP contribution in [0.1, 0.15) is 17.3 Å². The van der Waals surface area contributed by atoms with Crippen LogP contribution in [0.15, 0.2) is 47.4 Å². The van der Waals surface area contributed by atoms with Gasteiger partial charge in [-0.1, -0.05) is 0 Å². The Bertz CT molecular complexity index is 1070. The highest BCUT2D eigenvalue weighted by molar-refractivity contribution is 7.89. The molecule has 2 amide bonds. The number of anilines is 1. The van der Waals surface area contributed by atoms with E-state index in [0.717, 1.165) is 16.4 Å². The van der Waals surface area contributed by atoms with Gasteiger partial charge in [0.2, 0.25) is 10.0 Å². The molecule has 0 bridgehead atoms. The number of sulfonamides is 1. The lowest BCUT2D eigenvalue weighted by molar-refractivity contribution is -0.122. The lowest BCUT2D eigenvalue weighted by atomic mass is 10.2. The van der Waals surface area contributed by atoms with Crippen LogP contribution >= 0.6 is 0 Å². The van der Waals surface area contributed by atoms with Crippen molar-refractivity contribution in [3.63, 3.8) is 0 Å². The standard InChI is InChI=1S/C21H24FN3O6S/c1-2-23-20(26)14-31-17-6-4-16(5-7-17)24-21(27)15-3-8-18(22)19(13-15)32(28,29)25-9-11-30-12-10-25/h3-8,13H,2,9-12,14H2,1H3,(H,23,26)(H,24,27). The van der Waals surface area contributed by atoms with E-state index in [1.807, 2.05) is 0 Å². The second kappa shape index (κ2) is 10.5.